The average Bonchev–Trinajstić information content (AvgIpc) is 2.80. The maximum absolute atomic E-state index is 13.0. The number of benzene rings is 1. The molecule has 0 unspecified atom stereocenters. The first-order valence-electron chi connectivity index (χ1n) is 9.68. The molecule has 0 radical (unpaired) electrons. The van der Waals surface area contributed by atoms with E-state index in [1.807, 2.05) is 24.8 Å². The molecule has 2 aliphatic carbocycles. The van der Waals surface area contributed by atoms with Crippen molar-refractivity contribution >= 4 is 17.5 Å². The molecule has 3 fully saturated rings. The third kappa shape index (κ3) is 3.35. The molecule has 0 amide bonds. The molecule has 1 aromatic carbocycles. The first-order valence-corrected chi connectivity index (χ1v) is 10.6. The number of aliphatic hydroxyl groups is 1. The summed E-state index contributed by atoms with van der Waals surface area (Å²) in [6, 6.07) is 10.4. The molecular formula is C21H28O4S. The number of aliphatic hydroxyl groups excluding tert-OH is 1. The minimum absolute atomic E-state index is 0.0350. The number of hydrogen-bond acceptors (Lipinski definition) is 5. The molecule has 2 saturated carbocycles. The van der Waals surface area contributed by atoms with Gasteiger partial charge in [0.2, 0.25) is 0 Å². The van der Waals surface area contributed by atoms with E-state index in [4.69, 9.17) is 9.47 Å². The SMILES string of the molecule is CC1(CO)COC2(C[C@@H](Sc3ccccc3)[C@H]3CCCCC(=O)[C@H]32)OC1. The van der Waals surface area contributed by atoms with Crippen molar-refractivity contribution in [1.29, 1.82) is 0 Å². The van der Waals surface area contributed by atoms with Gasteiger partial charge in [-0.3, -0.25) is 4.79 Å². The zero-order chi connectivity index (χ0) is 18.2. The number of thioether (sulfide) groups is 1. The van der Waals surface area contributed by atoms with Gasteiger partial charge in [0.15, 0.2) is 5.79 Å². The number of hydrogen-bond donors (Lipinski definition) is 1. The molecule has 1 N–H and O–H groups in total. The summed E-state index contributed by atoms with van der Waals surface area (Å²) in [6.07, 6.45) is 4.51. The average molecular weight is 377 g/mol. The number of carbonyl (C=O) groups excluding carboxylic acids is 1. The number of ether oxygens (including phenoxy) is 2. The Morgan fingerprint density at radius 3 is 2.62 bits per heavy atom. The molecule has 5 heteroatoms. The normalized spacial score (nSPS) is 40.4. The van der Waals surface area contributed by atoms with Gasteiger partial charge >= 0.3 is 0 Å². The van der Waals surface area contributed by atoms with E-state index < -0.39 is 5.79 Å². The summed E-state index contributed by atoms with van der Waals surface area (Å²) in [4.78, 5) is 14.2. The number of Topliss-reactive ketones (excluding diaryl/α,β-unsaturated/α-hetero) is 1. The van der Waals surface area contributed by atoms with E-state index in [1.54, 1.807) is 0 Å². The van der Waals surface area contributed by atoms with Crippen LogP contribution in [0.2, 0.25) is 0 Å². The van der Waals surface area contributed by atoms with Crippen LogP contribution in [0.15, 0.2) is 35.2 Å². The lowest BCUT2D eigenvalue weighted by Gasteiger charge is -2.45. The molecule has 0 aromatic heterocycles. The van der Waals surface area contributed by atoms with Gasteiger partial charge in [0.1, 0.15) is 5.78 Å². The lowest BCUT2D eigenvalue weighted by atomic mass is 9.85. The lowest BCUT2D eigenvalue weighted by molar-refractivity contribution is -0.316. The molecule has 1 saturated heterocycles. The summed E-state index contributed by atoms with van der Waals surface area (Å²) in [5, 5.41) is 9.95. The molecule has 4 rings (SSSR count). The van der Waals surface area contributed by atoms with Crippen LogP contribution in [0.1, 0.15) is 39.0 Å². The molecule has 3 aliphatic rings. The van der Waals surface area contributed by atoms with Crippen molar-refractivity contribution in [2.75, 3.05) is 19.8 Å². The topological polar surface area (TPSA) is 55.8 Å². The quantitative estimate of drug-likeness (QED) is 0.872. The third-order valence-electron chi connectivity index (χ3n) is 6.17. The van der Waals surface area contributed by atoms with Crippen molar-refractivity contribution in [2.24, 2.45) is 17.3 Å². The maximum Gasteiger partial charge on any atom is 0.179 e. The first kappa shape index (κ1) is 18.5. The Balaban J connectivity index is 1.61. The summed E-state index contributed by atoms with van der Waals surface area (Å²) in [5.41, 5.74) is -0.376. The Bertz CT molecular complexity index is 639. The molecular weight excluding hydrogens is 348 g/mol. The van der Waals surface area contributed by atoms with Crippen LogP contribution in [0, 0.1) is 17.3 Å². The van der Waals surface area contributed by atoms with Crippen molar-refractivity contribution in [1.82, 2.24) is 0 Å². The van der Waals surface area contributed by atoms with E-state index in [9.17, 15) is 9.90 Å². The highest BCUT2D eigenvalue weighted by Crippen LogP contribution is 2.55. The van der Waals surface area contributed by atoms with Crippen LogP contribution in [-0.2, 0) is 14.3 Å². The number of carbonyl (C=O) groups is 1. The fourth-order valence-electron chi connectivity index (χ4n) is 4.64. The Hall–Kier alpha value is -0.880. The van der Waals surface area contributed by atoms with Gasteiger partial charge in [-0.25, -0.2) is 0 Å². The van der Waals surface area contributed by atoms with Crippen molar-refractivity contribution in [3.63, 3.8) is 0 Å². The minimum Gasteiger partial charge on any atom is -0.396 e. The molecule has 1 heterocycles. The zero-order valence-corrected chi connectivity index (χ0v) is 16.2. The van der Waals surface area contributed by atoms with Crippen molar-refractivity contribution in [3.05, 3.63) is 30.3 Å². The van der Waals surface area contributed by atoms with E-state index >= 15 is 0 Å². The number of fused-ring (bicyclic) bond motifs is 2. The summed E-state index contributed by atoms with van der Waals surface area (Å²) < 4.78 is 12.6. The highest BCUT2D eigenvalue weighted by atomic mass is 32.2. The fourth-order valence-corrected chi connectivity index (χ4v) is 6.09. The Morgan fingerprint density at radius 1 is 1.19 bits per heavy atom. The summed E-state index contributed by atoms with van der Waals surface area (Å²) in [6.45, 7) is 2.90. The summed E-state index contributed by atoms with van der Waals surface area (Å²) in [5.74, 6) is -0.368. The van der Waals surface area contributed by atoms with Crippen LogP contribution < -0.4 is 0 Å². The second-order valence-corrected chi connectivity index (χ2v) is 9.70. The highest BCUT2D eigenvalue weighted by Gasteiger charge is 2.61. The molecule has 1 aliphatic heterocycles. The standard InChI is InChI=1S/C21H28O4S/c1-20(12-22)13-24-21(25-14-20)11-18(26-15-7-3-2-4-8-15)16-9-5-6-10-17(23)19(16)21/h2-4,7-8,16,18-19,22H,5-6,9-14H2,1H3/t16-,18-,19+,20?,21?/m1/s1. The van der Waals surface area contributed by atoms with Gasteiger partial charge in [-0.2, -0.15) is 0 Å². The van der Waals surface area contributed by atoms with Gasteiger partial charge in [-0.1, -0.05) is 31.5 Å². The Morgan fingerprint density at radius 2 is 1.92 bits per heavy atom. The summed E-state index contributed by atoms with van der Waals surface area (Å²) in [7, 11) is 0. The van der Waals surface area contributed by atoms with Gasteiger partial charge in [0.25, 0.3) is 0 Å². The van der Waals surface area contributed by atoms with Gasteiger partial charge in [0.05, 0.1) is 25.7 Å². The van der Waals surface area contributed by atoms with Crippen molar-refractivity contribution in [3.8, 4) is 0 Å². The predicted molar refractivity (Wildman–Crippen MR) is 101 cm³/mol. The second kappa shape index (κ2) is 7.27. The Labute approximate surface area is 159 Å². The highest BCUT2D eigenvalue weighted by molar-refractivity contribution is 8.00. The van der Waals surface area contributed by atoms with E-state index in [2.05, 4.69) is 24.3 Å². The molecule has 4 nitrogen and oxygen atoms in total. The molecule has 1 aromatic rings. The predicted octanol–water partition coefficient (Wildman–Crippen LogP) is 3.67. The van der Waals surface area contributed by atoms with Gasteiger partial charge in [0, 0.05) is 28.4 Å². The number of ketones is 1. The van der Waals surface area contributed by atoms with Crippen LogP contribution in [0.5, 0.6) is 0 Å². The smallest absolute Gasteiger partial charge is 0.179 e. The van der Waals surface area contributed by atoms with Crippen LogP contribution in [0.3, 0.4) is 0 Å². The fraction of sp³-hybridized carbons (Fsp3) is 0.667. The minimum atomic E-state index is -0.798. The van der Waals surface area contributed by atoms with E-state index in [1.165, 1.54) is 4.90 Å². The van der Waals surface area contributed by atoms with E-state index in [0.29, 0.717) is 36.6 Å². The molecule has 0 bridgehead atoms. The summed E-state index contributed by atoms with van der Waals surface area (Å²) >= 11 is 1.86. The van der Waals surface area contributed by atoms with Crippen LogP contribution >= 0.6 is 11.8 Å². The molecule has 142 valence electrons. The first-order chi connectivity index (χ1) is 12.6. The van der Waals surface area contributed by atoms with Crippen molar-refractivity contribution < 1.29 is 19.4 Å². The Kier molecular flexibility index (Phi) is 5.17. The van der Waals surface area contributed by atoms with Crippen LogP contribution in [-0.4, -0.2) is 41.7 Å². The number of rotatable bonds is 3. The maximum atomic E-state index is 13.0. The van der Waals surface area contributed by atoms with Crippen LogP contribution in [0.25, 0.3) is 0 Å². The zero-order valence-electron chi connectivity index (χ0n) is 15.4. The van der Waals surface area contributed by atoms with Crippen LogP contribution in [0.4, 0.5) is 0 Å². The largest absolute Gasteiger partial charge is 0.396 e. The second-order valence-electron chi connectivity index (χ2n) is 8.39. The molecule has 3 atom stereocenters. The third-order valence-corrected chi connectivity index (χ3v) is 7.53. The molecule has 26 heavy (non-hydrogen) atoms. The lowest BCUT2D eigenvalue weighted by Crippen LogP contribution is -2.54. The van der Waals surface area contributed by atoms with E-state index in [-0.39, 0.29) is 17.9 Å². The van der Waals surface area contributed by atoms with Gasteiger partial charge in [-0.05, 0) is 30.9 Å². The van der Waals surface area contributed by atoms with Gasteiger partial charge in [-0.15, -0.1) is 11.8 Å². The van der Waals surface area contributed by atoms with Gasteiger partial charge < -0.3 is 14.6 Å². The van der Waals surface area contributed by atoms with Crippen molar-refractivity contribution in [2.45, 2.75) is 55.0 Å². The monoisotopic (exact) mass is 376 g/mol. The van der Waals surface area contributed by atoms with E-state index in [0.717, 1.165) is 25.7 Å². The molecule has 1 spiro atoms.